The van der Waals surface area contributed by atoms with Crippen LogP contribution in [0.5, 0.6) is 0 Å². The van der Waals surface area contributed by atoms with Crippen molar-refractivity contribution >= 4 is 22.6 Å². The predicted octanol–water partition coefficient (Wildman–Crippen LogP) is 1.41. The fourth-order valence-electron chi connectivity index (χ4n) is 2.28. The van der Waals surface area contributed by atoms with Crippen molar-refractivity contribution in [1.29, 1.82) is 0 Å². The van der Waals surface area contributed by atoms with E-state index in [0.717, 1.165) is 6.42 Å². The highest BCUT2D eigenvalue weighted by atomic mass is 127. The van der Waals surface area contributed by atoms with Gasteiger partial charge in [0.2, 0.25) is 0 Å². The van der Waals surface area contributed by atoms with Gasteiger partial charge in [-0.2, -0.15) is 0 Å². The summed E-state index contributed by atoms with van der Waals surface area (Å²) in [6.45, 7) is 6.09. The van der Waals surface area contributed by atoms with E-state index in [-0.39, 0.29) is 17.8 Å². The molecule has 0 radical (unpaired) electrons. The SMILES string of the molecule is C=CCOC1CC(n2cc(I)c(=O)[nH]c2=O)OC1CC. The first-order valence-electron chi connectivity index (χ1n) is 6.45. The molecular weight excluding hydrogens is 375 g/mol. The van der Waals surface area contributed by atoms with Gasteiger partial charge in [-0.1, -0.05) is 13.0 Å². The number of aromatic nitrogens is 2. The number of nitrogens with zero attached hydrogens (tertiary/aromatic N) is 1. The minimum atomic E-state index is -0.459. The van der Waals surface area contributed by atoms with Gasteiger partial charge in [0.1, 0.15) is 6.23 Å². The molecule has 110 valence electrons. The van der Waals surface area contributed by atoms with Gasteiger partial charge in [0.25, 0.3) is 5.56 Å². The molecule has 3 unspecified atom stereocenters. The summed E-state index contributed by atoms with van der Waals surface area (Å²) in [5.41, 5.74) is -0.837. The molecule has 1 aromatic heterocycles. The maximum Gasteiger partial charge on any atom is 0.330 e. The average Bonchev–Trinajstić information content (AvgIpc) is 2.83. The van der Waals surface area contributed by atoms with Crippen molar-refractivity contribution in [3.63, 3.8) is 0 Å². The molecule has 1 fully saturated rings. The minimum absolute atomic E-state index is 0.0589. The highest BCUT2D eigenvalue weighted by Crippen LogP contribution is 2.31. The van der Waals surface area contributed by atoms with Crippen LogP contribution >= 0.6 is 22.6 Å². The summed E-state index contributed by atoms with van der Waals surface area (Å²) in [5.74, 6) is 0. The summed E-state index contributed by atoms with van der Waals surface area (Å²) < 4.78 is 13.4. The van der Waals surface area contributed by atoms with Gasteiger partial charge in [0.05, 0.1) is 22.4 Å². The average molecular weight is 392 g/mol. The van der Waals surface area contributed by atoms with Crippen LogP contribution in [0, 0.1) is 3.57 Å². The lowest BCUT2D eigenvalue weighted by Gasteiger charge is -2.16. The molecule has 1 saturated heterocycles. The molecule has 0 aromatic carbocycles. The number of rotatable bonds is 5. The van der Waals surface area contributed by atoms with Crippen molar-refractivity contribution < 1.29 is 9.47 Å². The van der Waals surface area contributed by atoms with E-state index in [1.807, 2.05) is 29.5 Å². The Morgan fingerprint density at radius 2 is 2.40 bits per heavy atom. The van der Waals surface area contributed by atoms with Crippen molar-refractivity contribution in [2.45, 2.75) is 38.2 Å². The summed E-state index contributed by atoms with van der Waals surface area (Å²) in [5, 5.41) is 0. The summed E-state index contributed by atoms with van der Waals surface area (Å²) in [7, 11) is 0. The molecule has 20 heavy (non-hydrogen) atoms. The van der Waals surface area contributed by atoms with Crippen LogP contribution in [-0.4, -0.2) is 28.4 Å². The van der Waals surface area contributed by atoms with E-state index in [4.69, 9.17) is 9.47 Å². The van der Waals surface area contributed by atoms with E-state index in [2.05, 4.69) is 11.6 Å². The van der Waals surface area contributed by atoms with Gasteiger partial charge in [0.15, 0.2) is 0 Å². The number of H-pyrrole nitrogens is 1. The van der Waals surface area contributed by atoms with Gasteiger partial charge in [-0.15, -0.1) is 6.58 Å². The summed E-state index contributed by atoms with van der Waals surface area (Å²) >= 11 is 1.89. The first-order valence-corrected chi connectivity index (χ1v) is 7.53. The van der Waals surface area contributed by atoms with Crippen LogP contribution in [0.4, 0.5) is 0 Å². The molecule has 2 heterocycles. The second-order valence-corrected chi connectivity index (χ2v) is 5.74. The van der Waals surface area contributed by atoms with Gasteiger partial charge in [-0.3, -0.25) is 14.3 Å². The van der Waals surface area contributed by atoms with Gasteiger partial charge in [0, 0.05) is 12.6 Å². The third-order valence-corrected chi connectivity index (χ3v) is 4.01. The van der Waals surface area contributed by atoms with E-state index in [1.54, 1.807) is 6.08 Å². The number of aromatic amines is 1. The standard InChI is InChI=1S/C13H17IN2O4/c1-3-5-19-10-6-11(20-9(10)4-2)16-7-8(14)12(17)15-13(16)18/h3,7,9-11H,1,4-6H2,2H3,(H,15,17,18). The smallest absolute Gasteiger partial charge is 0.330 e. The Labute approximate surface area is 129 Å². The molecule has 1 aliphatic rings. The molecule has 3 atom stereocenters. The third kappa shape index (κ3) is 3.21. The van der Waals surface area contributed by atoms with E-state index in [1.165, 1.54) is 10.8 Å². The Balaban J connectivity index is 2.22. The number of nitrogens with one attached hydrogen (secondary N) is 1. The lowest BCUT2D eigenvalue weighted by Crippen LogP contribution is -2.33. The molecule has 1 N–H and O–H groups in total. The molecule has 0 spiro atoms. The Bertz CT molecular complexity index is 595. The highest BCUT2D eigenvalue weighted by molar-refractivity contribution is 14.1. The topological polar surface area (TPSA) is 73.3 Å². The van der Waals surface area contributed by atoms with Crippen LogP contribution < -0.4 is 11.2 Å². The van der Waals surface area contributed by atoms with Crippen LogP contribution in [0.15, 0.2) is 28.4 Å². The van der Waals surface area contributed by atoms with E-state index in [9.17, 15) is 9.59 Å². The Hall–Kier alpha value is -0.930. The Kier molecular flexibility index (Phi) is 5.17. The van der Waals surface area contributed by atoms with Gasteiger partial charge in [-0.05, 0) is 29.0 Å². The maximum atomic E-state index is 11.9. The fourth-order valence-corrected chi connectivity index (χ4v) is 2.71. The van der Waals surface area contributed by atoms with Crippen LogP contribution in [0.1, 0.15) is 26.0 Å². The van der Waals surface area contributed by atoms with Gasteiger partial charge in [-0.25, -0.2) is 4.79 Å². The molecule has 0 saturated carbocycles. The number of ether oxygens (including phenoxy) is 2. The lowest BCUT2D eigenvalue weighted by atomic mass is 10.1. The highest BCUT2D eigenvalue weighted by Gasteiger charge is 2.36. The van der Waals surface area contributed by atoms with Crippen LogP contribution in [0.2, 0.25) is 0 Å². The fraction of sp³-hybridized carbons (Fsp3) is 0.538. The van der Waals surface area contributed by atoms with Crippen LogP contribution in [-0.2, 0) is 9.47 Å². The quantitative estimate of drug-likeness (QED) is 0.608. The Morgan fingerprint density at radius 3 is 3.05 bits per heavy atom. The van der Waals surface area contributed by atoms with E-state index in [0.29, 0.717) is 16.6 Å². The molecule has 0 bridgehead atoms. The second kappa shape index (κ2) is 6.68. The molecule has 6 nitrogen and oxygen atoms in total. The van der Waals surface area contributed by atoms with Gasteiger partial charge >= 0.3 is 5.69 Å². The molecule has 2 rings (SSSR count). The number of hydrogen-bond donors (Lipinski definition) is 1. The molecule has 1 aliphatic heterocycles. The minimum Gasteiger partial charge on any atom is -0.371 e. The van der Waals surface area contributed by atoms with E-state index >= 15 is 0 Å². The van der Waals surface area contributed by atoms with Crippen LogP contribution in [0.3, 0.4) is 0 Å². The van der Waals surface area contributed by atoms with Crippen LogP contribution in [0.25, 0.3) is 0 Å². The van der Waals surface area contributed by atoms with Crippen molar-refractivity contribution in [3.05, 3.63) is 43.3 Å². The first-order chi connectivity index (χ1) is 9.56. The first kappa shape index (κ1) is 15.5. The van der Waals surface area contributed by atoms with E-state index < -0.39 is 11.9 Å². The zero-order valence-corrected chi connectivity index (χ0v) is 13.3. The maximum absolute atomic E-state index is 11.9. The number of hydrogen-bond acceptors (Lipinski definition) is 4. The van der Waals surface area contributed by atoms with Crippen molar-refractivity contribution in [2.24, 2.45) is 0 Å². The molecule has 0 aliphatic carbocycles. The van der Waals surface area contributed by atoms with Crippen molar-refractivity contribution in [1.82, 2.24) is 9.55 Å². The lowest BCUT2D eigenvalue weighted by molar-refractivity contribution is -0.0357. The normalized spacial score (nSPS) is 25.8. The summed E-state index contributed by atoms with van der Waals surface area (Å²) in [6.07, 6.45) is 4.05. The van der Waals surface area contributed by atoms with Gasteiger partial charge < -0.3 is 9.47 Å². The number of halogens is 1. The zero-order valence-electron chi connectivity index (χ0n) is 11.2. The van der Waals surface area contributed by atoms with Crippen molar-refractivity contribution in [3.8, 4) is 0 Å². The molecule has 0 amide bonds. The summed E-state index contributed by atoms with van der Waals surface area (Å²) in [6, 6.07) is 0. The van der Waals surface area contributed by atoms with Crippen molar-refractivity contribution in [2.75, 3.05) is 6.61 Å². The molecular formula is C13H17IN2O4. The predicted molar refractivity (Wildman–Crippen MR) is 82.8 cm³/mol. The molecule has 1 aromatic rings. The molecule has 7 heteroatoms. The second-order valence-electron chi connectivity index (χ2n) is 4.58. The zero-order chi connectivity index (χ0) is 14.7. The Morgan fingerprint density at radius 1 is 1.65 bits per heavy atom. The largest absolute Gasteiger partial charge is 0.371 e. The summed E-state index contributed by atoms with van der Waals surface area (Å²) in [4.78, 5) is 25.5. The monoisotopic (exact) mass is 392 g/mol. The third-order valence-electron chi connectivity index (χ3n) is 3.25.